The molecule has 170 valence electrons. The lowest BCUT2D eigenvalue weighted by molar-refractivity contribution is -0.384. The second-order valence-corrected chi connectivity index (χ2v) is 8.00. The van der Waals surface area contributed by atoms with E-state index in [1.165, 1.54) is 30.5 Å². The summed E-state index contributed by atoms with van der Waals surface area (Å²) >= 11 is 0. The van der Waals surface area contributed by atoms with Crippen LogP contribution < -0.4 is 4.90 Å². The molecule has 0 spiro atoms. The number of hydrogen-bond acceptors (Lipinski definition) is 7. The van der Waals surface area contributed by atoms with E-state index in [-0.39, 0.29) is 28.5 Å². The van der Waals surface area contributed by atoms with Crippen LogP contribution in [0.2, 0.25) is 0 Å². The number of aryl methyl sites for hydroxylation is 2. The summed E-state index contributed by atoms with van der Waals surface area (Å²) < 4.78 is 5.52. The zero-order valence-electron chi connectivity index (χ0n) is 18.1. The summed E-state index contributed by atoms with van der Waals surface area (Å²) in [6, 6.07) is 10.9. The Bertz CT molecular complexity index is 1460. The van der Waals surface area contributed by atoms with Crippen LogP contribution in [0.5, 0.6) is 0 Å². The van der Waals surface area contributed by atoms with Gasteiger partial charge in [-0.2, -0.15) is 0 Å². The van der Waals surface area contributed by atoms with Crippen molar-refractivity contribution >= 4 is 40.1 Å². The molecule has 10 nitrogen and oxygen atoms in total. The van der Waals surface area contributed by atoms with Crippen molar-refractivity contribution in [2.75, 3.05) is 4.90 Å². The third-order valence-corrected chi connectivity index (χ3v) is 5.92. The molecule has 1 saturated heterocycles. The van der Waals surface area contributed by atoms with Crippen molar-refractivity contribution in [2.24, 2.45) is 0 Å². The van der Waals surface area contributed by atoms with Gasteiger partial charge in [0.1, 0.15) is 17.6 Å². The molecule has 0 radical (unpaired) electrons. The Morgan fingerprint density at radius 1 is 1.15 bits per heavy atom. The molecule has 2 aromatic heterocycles. The predicted octanol–water partition coefficient (Wildman–Crippen LogP) is 4.31. The first kappa shape index (κ1) is 21.1. The highest BCUT2D eigenvalue weighted by atomic mass is 16.6. The molecule has 0 saturated carbocycles. The molecular weight excluding hydrogens is 440 g/mol. The Labute approximate surface area is 192 Å². The Hall–Kier alpha value is -4.73. The van der Waals surface area contributed by atoms with Gasteiger partial charge in [-0.15, -0.1) is 0 Å². The van der Waals surface area contributed by atoms with Gasteiger partial charge in [0.05, 0.1) is 27.8 Å². The van der Waals surface area contributed by atoms with Gasteiger partial charge in [0.25, 0.3) is 11.5 Å². The van der Waals surface area contributed by atoms with Gasteiger partial charge < -0.3 is 14.5 Å². The van der Waals surface area contributed by atoms with Crippen molar-refractivity contribution in [2.45, 2.75) is 19.9 Å². The number of rotatable bonds is 4. The number of nitrogens with one attached hydrogen (secondary N) is 1. The fraction of sp³-hybridized carbons (Fsp3) is 0.125. The minimum Gasteiger partial charge on any atom is -0.507 e. The number of Topliss-reactive ketones (excluding diaryl/α,β-unsaturated/α-hetero) is 1. The van der Waals surface area contributed by atoms with Crippen LogP contribution in [-0.2, 0) is 9.59 Å². The first-order chi connectivity index (χ1) is 16.3. The quantitative estimate of drug-likeness (QED) is 0.152. The zero-order valence-corrected chi connectivity index (χ0v) is 18.1. The summed E-state index contributed by atoms with van der Waals surface area (Å²) in [4.78, 5) is 45.4. The second kappa shape index (κ2) is 7.69. The molecular formula is C24H18N4O6. The third kappa shape index (κ3) is 3.24. The number of H-pyrrole nitrogens is 1. The van der Waals surface area contributed by atoms with Crippen LogP contribution in [0, 0.1) is 24.0 Å². The van der Waals surface area contributed by atoms with Crippen LogP contribution in [-0.4, -0.2) is 31.7 Å². The van der Waals surface area contributed by atoms with Gasteiger partial charge >= 0.3 is 5.91 Å². The Balaban J connectivity index is 1.68. The Morgan fingerprint density at radius 2 is 1.85 bits per heavy atom. The zero-order chi connectivity index (χ0) is 24.1. The van der Waals surface area contributed by atoms with Gasteiger partial charge in [-0.25, -0.2) is 4.98 Å². The van der Waals surface area contributed by atoms with Gasteiger partial charge in [0.2, 0.25) is 5.95 Å². The van der Waals surface area contributed by atoms with E-state index in [0.29, 0.717) is 11.0 Å². The number of nitro benzene ring substituents is 1. The SMILES string of the molecule is Cc1cc2nc(N3C(=O)C(=O)/C(=C(/O)c4ccc([N+](=O)[O-])cc4)C3c3ccco3)[nH]c2cc1C. The van der Waals surface area contributed by atoms with Gasteiger partial charge in [0, 0.05) is 17.7 Å². The lowest BCUT2D eigenvalue weighted by Crippen LogP contribution is -2.30. The van der Waals surface area contributed by atoms with Crippen molar-refractivity contribution < 1.29 is 24.0 Å². The lowest BCUT2D eigenvalue weighted by atomic mass is 9.99. The number of nitro groups is 1. The molecule has 1 aliphatic heterocycles. The summed E-state index contributed by atoms with van der Waals surface area (Å²) in [7, 11) is 0. The standard InChI is InChI=1S/C24H18N4O6/c1-12-10-16-17(11-13(12)2)26-24(25-16)27-20(18-4-3-9-34-18)19(22(30)23(27)31)21(29)14-5-7-15(8-6-14)28(32)33/h3-11,20,29H,1-2H3,(H,25,26)/b21-19+. The highest BCUT2D eigenvalue weighted by molar-refractivity contribution is 6.51. The number of aromatic amines is 1. The highest BCUT2D eigenvalue weighted by Crippen LogP contribution is 2.42. The maximum Gasteiger partial charge on any atom is 0.302 e. The average Bonchev–Trinajstić information content (AvgIpc) is 3.53. The second-order valence-electron chi connectivity index (χ2n) is 8.00. The summed E-state index contributed by atoms with van der Waals surface area (Å²) in [5.74, 6) is -1.91. The summed E-state index contributed by atoms with van der Waals surface area (Å²) in [5.41, 5.74) is 3.13. The molecule has 2 N–H and O–H groups in total. The van der Waals surface area contributed by atoms with E-state index in [1.807, 2.05) is 26.0 Å². The number of benzene rings is 2. The number of fused-ring (bicyclic) bond motifs is 1. The molecule has 1 amide bonds. The molecule has 1 unspecified atom stereocenters. The monoisotopic (exact) mass is 458 g/mol. The molecule has 3 heterocycles. The summed E-state index contributed by atoms with van der Waals surface area (Å²) in [5, 5.41) is 22.0. The number of nitrogens with zero attached hydrogens (tertiary/aromatic N) is 3. The molecule has 0 aliphatic carbocycles. The van der Waals surface area contributed by atoms with Crippen molar-refractivity contribution in [1.82, 2.24) is 9.97 Å². The molecule has 1 aliphatic rings. The van der Waals surface area contributed by atoms with E-state index in [4.69, 9.17) is 4.42 Å². The number of hydrogen-bond donors (Lipinski definition) is 2. The number of non-ortho nitro benzene ring substituents is 1. The normalized spacial score (nSPS) is 17.6. The number of furan rings is 1. The van der Waals surface area contributed by atoms with E-state index in [9.17, 15) is 24.8 Å². The molecule has 1 fully saturated rings. The van der Waals surface area contributed by atoms with Crippen LogP contribution in [0.25, 0.3) is 16.8 Å². The molecule has 4 aromatic rings. The van der Waals surface area contributed by atoms with Crippen LogP contribution >= 0.6 is 0 Å². The van der Waals surface area contributed by atoms with Crippen molar-refractivity contribution in [3.63, 3.8) is 0 Å². The number of carbonyl (C=O) groups excluding carboxylic acids is 2. The topological polar surface area (TPSA) is 143 Å². The third-order valence-electron chi connectivity index (χ3n) is 5.92. The minimum atomic E-state index is -1.09. The maximum absolute atomic E-state index is 13.2. The molecule has 10 heteroatoms. The van der Waals surface area contributed by atoms with Gasteiger partial charge in [0.15, 0.2) is 0 Å². The van der Waals surface area contributed by atoms with Crippen molar-refractivity contribution in [3.05, 3.63) is 92.9 Å². The first-order valence-electron chi connectivity index (χ1n) is 10.3. The number of imidazole rings is 1. The van der Waals surface area contributed by atoms with Gasteiger partial charge in [-0.05, 0) is 61.4 Å². The van der Waals surface area contributed by atoms with Crippen molar-refractivity contribution in [3.8, 4) is 0 Å². The number of amides is 1. The number of aromatic nitrogens is 2. The average molecular weight is 458 g/mol. The fourth-order valence-corrected chi connectivity index (χ4v) is 4.03. The first-order valence-corrected chi connectivity index (χ1v) is 10.3. The number of aliphatic hydroxyl groups is 1. The molecule has 34 heavy (non-hydrogen) atoms. The van der Waals surface area contributed by atoms with E-state index < -0.39 is 28.4 Å². The number of anilines is 1. The van der Waals surface area contributed by atoms with E-state index >= 15 is 0 Å². The van der Waals surface area contributed by atoms with Crippen LogP contribution in [0.1, 0.15) is 28.5 Å². The largest absolute Gasteiger partial charge is 0.507 e. The predicted molar refractivity (Wildman–Crippen MR) is 122 cm³/mol. The number of aliphatic hydroxyl groups excluding tert-OH is 1. The van der Waals surface area contributed by atoms with Crippen LogP contribution in [0.15, 0.2) is 64.8 Å². The van der Waals surface area contributed by atoms with Gasteiger partial charge in [-0.3, -0.25) is 24.6 Å². The van der Waals surface area contributed by atoms with E-state index in [0.717, 1.165) is 16.0 Å². The van der Waals surface area contributed by atoms with Gasteiger partial charge in [-0.1, -0.05) is 0 Å². The van der Waals surface area contributed by atoms with E-state index in [2.05, 4.69) is 9.97 Å². The lowest BCUT2D eigenvalue weighted by Gasteiger charge is -2.20. The fourth-order valence-electron chi connectivity index (χ4n) is 4.03. The molecule has 0 bridgehead atoms. The number of carbonyl (C=O) groups is 2. The van der Waals surface area contributed by atoms with Crippen molar-refractivity contribution in [1.29, 1.82) is 0 Å². The van der Waals surface area contributed by atoms with E-state index in [1.54, 1.807) is 12.1 Å². The molecule has 5 rings (SSSR count). The van der Waals surface area contributed by atoms with Crippen LogP contribution in [0.3, 0.4) is 0 Å². The minimum absolute atomic E-state index is 0.131. The molecule has 2 aromatic carbocycles. The number of ketones is 1. The molecule has 1 atom stereocenters. The Morgan fingerprint density at radius 3 is 2.50 bits per heavy atom. The van der Waals surface area contributed by atoms with Crippen LogP contribution in [0.4, 0.5) is 11.6 Å². The highest BCUT2D eigenvalue weighted by Gasteiger charge is 2.49. The maximum atomic E-state index is 13.2. The summed E-state index contributed by atoms with van der Waals surface area (Å²) in [6.07, 6.45) is 1.40. The smallest absolute Gasteiger partial charge is 0.302 e. The Kier molecular flexibility index (Phi) is 4.78. The summed E-state index contributed by atoms with van der Waals surface area (Å²) in [6.45, 7) is 3.90.